The Labute approximate surface area is 109 Å². The first-order valence-corrected chi connectivity index (χ1v) is 6.31. The largest absolute Gasteiger partial charge is 0.348 e. The summed E-state index contributed by atoms with van der Waals surface area (Å²) < 4.78 is 6.61. The van der Waals surface area contributed by atoms with Gasteiger partial charge < -0.3 is 4.52 Å². The third-order valence-electron chi connectivity index (χ3n) is 2.00. The molecule has 1 aromatic carbocycles. The zero-order valence-electron chi connectivity index (χ0n) is 7.51. The Bertz CT molecular complexity index is 484. The van der Waals surface area contributed by atoms with Gasteiger partial charge in [-0.2, -0.15) is 0 Å². The van der Waals surface area contributed by atoms with Gasteiger partial charge in [-0.1, -0.05) is 39.3 Å². The summed E-state index contributed by atoms with van der Waals surface area (Å²) in [5, 5.41) is 3.98. The van der Waals surface area contributed by atoms with Crippen LogP contribution in [0.1, 0.15) is 5.56 Å². The second-order valence-corrected chi connectivity index (χ2v) is 4.74. The molecule has 0 amide bonds. The molecule has 78 valence electrons. The Morgan fingerprint density at radius 2 is 2.00 bits per heavy atom. The fourth-order valence-electron chi connectivity index (χ4n) is 1.27. The summed E-state index contributed by atoms with van der Waals surface area (Å²) in [6.07, 6.45) is 0. The first-order valence-electron chi connectivity index (χ1n) is 4.19. The summed E-state index contributed by atoms with van der Waals surface area (Å²) in [7, 11) is 0. The van der Waals surface area contributed by atoms with Crippen LogP contribution in [0.15, 0.2) is 37.9 Å². The zero-order valence-corrected chi connectivity index (χ0v) is 11.4. The monoisotopic (exact) mass is 349 g/mol. The normalized spacial score (nSPS) is 10.6. The van der Waals surface area contributed by atoms with Gasteiger partial charge in [-0.15, -0.1) is 11.6 Å². The maximum absolute atomic E-state index is 5.84. The van der Waals surface area contributed by atoms with E-state index in [0.717, 1.165) is 21.3 Å². The fraction of sp³-hybridized carbons (Fsp3) is 0.100. The average Bonchev–Trinajstić information content (AvgIpc) is 2.60. The number of nitrogens with zero attached hydrogens (tertiary/aromatic N) is 1. The van der Waals surface area contributed by atoms with E-state index in [1.165, 1.54) is 0 Å². The molecule has 0 fully saturated rings. The zero-order chi connectivity index (χ0) is 10.8. The van der Waals surface area contributed by atoms with E-state index in [1.807, 2.05) is 24.3 Å². The highest BCUT2D eigenvalue weighted by atomic mass is 79.9. The molecule has 0 spiro atoms. The number of alkyl halides is 1. The predicted molar refractivity (Wildman–Crippen MR) is 66.9 cm³/mol. The van der Waals surface area contributed by atoms with Gasteiger partial charge in [-0.25, -0.2) is 0 Å². The number of rotatable bonds is 2. The summed E-state index contributed by atoms with van der Waals surface area (Å²) in [6, 6.07) is 7.81. The van der Waals surface area contributed by atoms with E-state index in [9.17, 15) is 0 Å². The van der Waals surface area contributed by atoms with Crippen LogP contribution >= 0.6 is 43.5 Å². The number of hydrogen-bond donors (Lipinski definition) is 0. The molecule has 0 aliphatic heterocycles. The van der Waals surface area contributed by atoms with Crippen molar-refractivity contribution >= 4 is 43.5 Å². The van der Waals surface area contributed by atoms with Crippen LogP contribution in [0.2, 0.25) is 0 Å². The van der Waals surface area contributed by atoms with E-state index < -0.39 is 0 Å². The van der Waals surface area contributed by atoms with Crippen molar-refractivity contribution in [1.82, 2.24) is 5.16 Å². The van der Waals surface area contributed by atoms with Gasteiger partial charge in [0.1, 0.15) is 5.69 Å². The molecule has 0 atom stereocenters. The van der Waals surface area contributed by atoms with Gasteiger partial charge in [-0.3, -0.25) is 0 Å². The van der Waals surface area contributed by atoms with Crippen molar-refractivity contribution in [2.45, 2.75) is 5.88 Å². The fourth-order valence-corrected chi connectivity index (χ4v) is 2.55. The second kappa shape index (κ2) is 4.68. The Morgan fingerprint density at radius 3 is 2.67 bits per heavy atom. The Balaban J connectivity index is 2.59. The molecule has 1 aromatic heterocycles. The Hall–Kier alpha value is -0.320. The molecule has 0 N–H and O–H groups in total. The van der Waals surface area contributed by atoms with Gasteiger partial charge in [0.15, 0.2) is 0 Å². The van der Waals surface area contributed by atoms with E-state index >= 15 is 0 Å². The number of hydrogen-bond acceptors (Lipinski definition) is 2. The van der Waals surface area contributed by atoms with Gasteiger partial charge in [0, 0.05) is 15.6 Å². The molecule has 5 heteroatoms. The molecule has 0 saturated heterocycles. The first kappa shape index (κ1) is 11.2. The molecule has 2 rings (SSSR count). The van der Waals surface area contributed by atoms with Crippen LogP contribution in [0.25, 0.3) is 11.3 Å². The smallest absolute Gasteiger partial charge is 0.206 e. The molecule has 0 radical (unpaired) electrons. The summed E-state index contributed by atoms with van der Waals surface area (Å²) in [6.45, 7) is 0. The Kier molecular flexibility index (Phi) is 3.49. The van der Waals surface area contributed by atoms with Crippen LogP contribution in [0.4, 0.5) is 0 Å². The molecule has 0 aliphatic carbocycles. The van der Waals surface area contributed by atoms with E-state index in [4.69, 9.17) is 16.1 Å². The number of benzene rings is 1. The SMILES string of the molecule is ClCc1c(-c2ccccc2Br)noc1Br. The van der Waals surface area contributed by atoms with E-state index in [2.05, 4.69) is 37.0 Å². The van der Waals surface area contributed by atoms with Crippen LogP contribution in [0.5, 0.6) is 0 Å². The molecule has 0 aliphatic rings. The van der Waals surface area contributed by atoms with E-state index in [0.29, 0.717) is 10.5 Å². The van der Waals surface area contributed by atoms with Gasteiger partial charge in [0.2, 0.25) is 4.67 Å². The van der Waals surface area contributed by atoms with Crippen molar-refractivity contribution < 1.29 is 4.52 Å². The molecule has 0 unspecified atom stereocenters. The molecule has 15 heavy (non-hydrogen) atoms. The minimum absolute atomic E-state index is 0.362. The van der Waals surface area contributed by atoms with Crippen LogP contribution in [-0.4, -0.2) is 5.16 Å². The lowest BCUT2D eigenvalue weighted by molar-refractivity contribution is 0.401. The molecule has 0 saturated carbocycles. The first-order chi connectivity index (χ1) is 7.24. The van der Waals surface area contributed by atoms with Crippen molar-refractivity contribution in [3.05, 3.63) is 39.0 Å². The maximum atomic E-state index is 5.84. The van der Waals surface area contributed by atoms with E-state index in [1.54, 1.807) is 0 Å². The lowest BCUT2D eigenvalue weighted by atomic mass is 10.1. The minimum atomic E-state index is 0.362. The molecule has 1 heterocycles. The highest BCUT2D eigenvalue weighted by Gasteiger charge is 2.16. The van der Waals surface area contributed by atoms with Gasteiger partial charge in [0.25, 0.3) is 0 Å². The minimum Gasteiger partial charge on any atom is -0.348 e. The molecular weight excluding hydrogens is 345 g/mol. The standard InChI is InChI=1S/C10H6Br2ClNO/c11-8-4-2-1-3-6(8)9-7(5-13)10(12)15-14-9/h1-4H,5H2. The summed E-state index contributed by atoms with van der Waals surface area (Å²) >= 11 is 12.6. The topological polar surface area (TPSA) is 26.0 Å². The average molecular weight is 351 g/mol. The van der Waals surface area contributed by atoms with Gasteiger partial charge >= 0.3 is 0 Å². The Morgan fingerprint density at radius 1 is 1.27 bits per heavy atom. The van der Waals surface area contributed by atoms with Crippen molar-refractivity contribution in [3.8, 4) is 11.3 Å². The van der Waals surface area contributed by atoms with Crippen molar-refractivity contribution in [2.24, 2.45) is 0 Å². The lowest BCUT2D eigenvalue weighted by Gasteiger charge is -2.00. The van der Waals surface area contributed by atoms with Crippen molar-refractivity contribution in [3.63, 3.8) is 0 Å². The molecular formula is C10H6Br2ClNO. The number of aromatic nitrogens is 1. The highest BCUT2D eigenvalue weighted by Crippen LogP contribution is 2.34. The summed E-state index contributed by atoms with van der Waals surface area (Å²) in [5.41, 5.74) is 2.61. The third kappa shape index (κ3) is 2.12. The van der Waals surface area contributed by atoms with Gasteiger partial charge in [-0.05, 0) is 22.0 Å². The van der Waals surface area contributed by atoms with Crippen LogP contribution in [0.3, 0.4) is 0 Å². The number of halogens is 3. The molecule has 2 nitrogen and oxygen atoms in total. The molecule has 2 aromatic rings. The van der Waals surface area contributed by atoms with Crippen LogP contribution in [0, 0.1) is 0 Å². The van der Waals surface area contributed by atoms with Crippen LogP contribution in [-0.2, 0) is 5.88 Å². The third-order valence-corrected chi connectivity index (χ3v) is 3.58. The highest BCUT2D eigenvalue weighted by molar-refractivity contribution is 9.10. The van der Waals surface area contributed by atoms with Crippen molar-refractivity contribution in [2.75, 3.05) is 0 Å². The maximum Gasteiger partial charge on any atom is 0.206 e. The predicted octanol–water partition coefficient (Wildman–Crippen LogP) is 4.61. The summed E-state index contributed by atoms with van der Waals surface area (Å²) in [4.78, 5) is 0. The summed E-state index contributed by atoms with van der Waals surface area (Å²) in [5.74, 6) is 0.362. The quantitative estimate of drug-likeness (QED) is 0.739. The van der Waals surface area contributed by atoms with Gasteiger partial charge in [0.05, 0.1) is 5.88 Å². The molecule has 0 bridgehead atoms. The van der Waals surface area contributed by atoms with Crippen LogP contribution < -0.4 is 0 Å². The lowest BCUT2D eigenvalue weighted by Crippen LogP contribution is -1.84. The second-order valence-electron chi connectivity index (χ2n) is 2.90. The van der Waals surface area contributed by atoms with Crippen molar-refractivity contribution in [1.29, 1.82) is 0 Å². The van der Waals surface area contributed by atoms with E-state index in [-0.39, 0.29) is 0 Å².